The molecule has 4 aliphatic rings. The summed E-state index contributed by atoms with van der Waals surface area (Å²) in [5, 5.41) is 11.4. The fourth-order valence-electron chi connectivity index (χ4n) is 5.76. The van der Waals surface area contributed by atoms with E-state index in [1.54, 1.807) is 29.2 Å². The maximum Gasteiger partial charge on any atom is 0.243 e. The molecule has 0 radical (unpaired) electrons. The monoisotopic (exact) mass is 498 g/mol. The lowest BCUT2D eigenvalue weighted by Crippen LogP contribution is -2.54. The summed E-state index contributed by atoms with van der Waals surface area (Å²) in [6, 6.07) is 8.47. The minimum absolute atomic E-state index is 0.0190. The van der Waals surface area contributed by atoms with E-state index in [1.165, 1.54) is 6.42 Å². The van der Waals surface area contributed by atoms with Crippen molar-refractivity contribution in [3.63, 3.8) is 0 Å². The minimum atomic E-state index is -3.66. The van der Waals surface area contributed by atoms with Gasteiger partial charge in [0.1, 0.15) is 11.1 Å². The van der Waals surface area contributed by atoms with Crippen LogP contribution >= 0.6 is 0 Å². The molecule has 0 bridgehead atoms. The van der Waals surface area contributed by atoms with Gasteiger partial charge in [-0.1, -0.05) is 24.1 Å². The number of sulfone groups is 1. The molecule has 1 aromatic carbocycles. The van der Waals surface area contributed by atoms with E-state index >= 15 is 0 Å². The van der Waals surface area contributed by atoms with Crippen LogP contribution in [0.1, 0.15) is 63.4 Å². The molecule has 2 saturated carbocycles. The quantitative estimate of drug-likeness (QED) is 0.618. The molecule has 2 amide bonds. The highest BCUT2D eigenvalue weighted by Gasteiger charge is 2.58. The molecule has 2 aliphatic heterocycles. The van der Waals surface area contributed by atoms with Crippen molar-refractivity contribution in [2.75, 3.05) is 19.6 Å². The van der Waals surface area contributed by atoms with E-state index in [0.29, 0.717) is 12.8 Å². The standard InChI is InChI=1S/C26H34N4O4S/c1-19-5-7-21(8-6-19)35(33,34)22-15-20(16-23(31)28-25(18-27)9-10-25)30(17-22)24(32)26(11-12-26)29-13-3-2-4-14-29/h5-8,20,22H,2-4,9-17H2,1H3,(H,28,31)/t20-,22-/m1/s1. The number of benzene rings is 1. The van der Waals surface area contributed by atoms with Crippen molar-refractivity contribution >= 4 is 21.7 Å². The third-order valence-corrected chi connectivity index (χ3v) is 10.4. The molecule has 5 rings (SSSR count). The van der Waals surface area contributed by atoms with Crippen LogP contribution in [-0.2, 0) is 19.4 Å². The van der Waals surface area contributed by atoms with Crippen molar-refractivity contribution in [1.82, 2.24) is 15.1 Å². The minimum Gasteiger partial charge on any atom is -0.338 e. The number of rotatable bonds is 7. The number of carbonyl (C=O) groups excluding carboxylic acids is 2. The summed E-state index contributed by atoms with van der Waals surface area (Å²) < 4.78 is 27.0. The number of nitrogens with one attached hydrogen (secondary N) is 1. The van der Waals surface area contributed by atoms with Crippen LogP contribution in [0.4, 0.5) is 0 Å². The van der Waals surface area contributed by atoms with Crippen LogP contribution in [0.15, 0.2) is 29.2 Å². The lowest BCUT2D eigenvalue weighted by Gasteiger charge is -2.37. The number of aryl methyl sites for hydroxylation is 1. The van der Waals surface area contributed by atoms with Gasteiger partial charge in [0.2, 0.25) is 11.8 Å². The lowest BCUT2D eigenvalue weighted by molar-refractivity contribution is -0.140. The van der Waals surface area contributed by atoms with Crippen LogP contribution in [0.5, 0.6) is 0 Å². The number of nitriles is 1. The molecule has 2 saturated heterocycles. The van der Waals surface area contributed by atoms with Crippen molar-refractivity contribution in [3.8, 4) is 6.07 Å². The van der Waals surface area contributed by atoms with Gasteiger partial charge >= 0.3 is 0 Å². The first-order valence-electron chi connectivity index (χ1n) is 12.8. The average Bonchev–Trinajstić information content (AvgIpc) is 3.77. The molecule has 35 heavy (non-hydrogen) atoms. The predicted molar refractivity (Wildman–Crippen MR) is 130 cm³/mol. The zero-order valence-corrected chi connectivity index (χ0v) is 21.1. The molecule has 8 nitrogen and oxygen atoms in total. The van der Waals surface area contributed by atoms with Gasteiger partial charge in [-0.2, -0.15) is 5.26 Å². The van der Waals surface area contributed by atoms with Crippen molar-refractivity contribution in [3.05, 3.63) is 29.8 Å². The first kappa shape index (κ1) is 24.3. The molecule has 188 valence electrons. The van der Waals surface area contributed by atoms with Crippen molar-refractivity contribution < 1.29 is 18.0 Å². The van der Waals surface area contributed by atoms with Gasteiger partial charge in [-0.15, -0.1) is 0 Å². The Bertz CT molecular complexity index is 1140. The molecule has 4 fully saturated rings. The molecule has 0 spiro atoms. The molecule has 0 unspecified atom stereocenters. The SMILES string of the molecule is Cc1ccc(S(=O)(=O)[C@@H]2C[C@H](CC(=O)NC3(C#N)CC3)N(C(=O)C3(N4CCCCC4)CC3)C2)cc1. The Morgan fingerprint density at radius 1 is 1.09 bits per heavy atom. The van der Waals surface area contributed by atoms with E-state index in [9.17, 15) is 23.3 Å². The summed E-state index contributed by atoms with van der Waals surface area (Å²) >= 11 is 0. The van der Waals surface area contributed by atoms with Gasteiger partial charge in [0.05, 0.1) is 16.2 Å². The van der Waals surface area contributed by atoms with Crippen molar-refractivity contribution in [1.29, 1.82) is 5.26 Å². The first-order chi connectivity index (χ1) is 16.7. The number of piperidine rings is 1. The largest absolute Gasteiger partial charge is 0.338 e. The molecular weight excluding hydrogens is 464 g/mol. The average molecular weight is 499 g/mol. The summed E-state index contributed by atoms with van der Waals surface area (Å²) in [5.74, 6) is -0.316. The van der Waals surface area contributed by atoms with Gasteiger partial charge in [-0.25, -0.2) is 8.42 Å². The number of hydrogen-bond acceptors (Lipinski definition) is 6. The summed E-state index contributed by atoms with van der Waals surface area (Å²) in [7, 11) is -3.66. The maximum atomic E-state index is 13.9. The zero-order chi connectivity index (χ0) is 24.8. The van der Waals surface area contributed by atoms with Crippen LogP contribution in [-0.4, -0.2) is 72.0 Å². The van der Waals surface area contributed by atoms with Crippen molar-refractivity contribution in [2.24, 2.45) is 0 Å². The normalized spacial score (nSPS) is 27.1. The van der Waals surface area contributed by atoms with Gasteiger partial charge in [0.15, 0.2) is 9.84 Å². The van der Waals surface area contributed by atoms with Crippen LogP contribution in [0, 0.1) is 18.3 Å². The number of amides is 2. The molecule has 0 aromatic heterocycles. The van der Waals surface area contributed by atoms with Crippen LogP contribution in [0.2, 0.25) is 0 Å². The van der Waals surface area contributed by atoms with Gasteiger partial charge in [0, 0.05) is 19.0 Å². The fourth-order valence-corrected chi connectivity index (χ4v) is 7.49. The van der Waals surface area contributed by atoms with Crippen molar-refractivity contribution in [2.45, 2.75) is 92.0 Å². The highest BCUT2D eigenvalue weighted by Crippen LogP contribution is 2.46. The third kappa shape index (κ3) is 4.58. The Kier molecular flexibility index (Phi) is 6.17. The Labute approximate surface area is 207 Å². The van der Waals surface area contributed by atoms with E-state index in [4.69, 9.17) is 0 Å². The van der Waals surface area contributed by atoms with E-state index in [1.807, 2.05) is 6.92 Å². The Morgan fingerprint density at radius 2 is 1.74 bits per heavy atom. The number of hydrogen-bond donors (Lipinski definition) is 1. The molecule has 1 N–H and O–H groups in total. The zero-order valence-electron chi connectivity index (χ0n) is 20.3. The summed E-state index contributed by atoms with van der Waals surface area (Å²) in [4.78, 5) is 31.0. The molecule has 1 aromatic rings. The summed E-state index contributed by atoms with van der Waals surface area (Å²) in [6.45, 7) is 3.79. The van der Waals surface area contributed by atoms with Gasteiger partial charge in [-0.3, -0.25) is 14.5 Å². The van der Waals surface area contributed by atoms with Gasteiger partial charge in [-0.05, 0) is 77.1 Å². The molecule has 2 atom stereocenters. The van der Waals surface area contributed by atoms with Gasteiger partial charge < -0.3 is 10.2 Å². The molecular formula is C26H34N4O4S. The summed E-state index contributed by atoms with van der Waals surface area (Å²) in [5.41, 5.74) is -0.351. The number of likely N-dealkylation sites (tertiary alicyclic amines) is 2. The van der Waals surface area contributed by atoms with E-state index in [0.717, 1.165) is 44.3 Å². The second-order valence-corrected chi connectivity index (χ2v) is 13.1. The van der Waals surface area contributed by atoms with E-state index < -0.39 is 32.2 Å². The molecule has 2 heterocycles. The van der Waals surface area contributed by atoms with Gasteiger partial charge in [0.25, 0.3) is 0 Å². The maximum absolute atomic E-state index is 13.9. The second-order valence-electron chi connectivity index (χ2n) is 10.9. The third-order valence-electron chi connectivity index (χ3n) is 8.27. The first-order valence-corrected chi connectivity index (χ1v) is 14.3. The Morgan fingerprint density at radius 3 is 2.31 bits per heavy atom. The van der Waals surface area contributed by atoms with Crippen LogP contribution < -0.4 is 5.32 Å². The molecule has 9 heteroatoms. The van der Waals surface area contributed by atoms with Crippen LogP contribution in [0.3, 0.4) is 0 Å². The predicted octanol–water partition coefficient (Wildman–Crippen LogP) is 2.32. The second kappa shape index (κ2) is 8.90. The fraction of sp³-hybridized carbons (Fsp3) is 0.654. The highest BCUT2D eigenvalue weighted by molar-refractivity contribution is 7.92. The van der Waals surface area contributed by atoms with Crippen LogP contribution in [0.25, 0.3) is 0 Å². The lowest BCUT2D eigenvalue weighted by atomic mass is 10.0. The number of nitrogens with zero attached hydrogens (tertiary/aromatic N) is 3. The molecule has 2 aliphatic carbocycles. The topological polar surface area (TPSA) is 111 Å². The Hall–Kier alpha value is -2.44. The van der Waals surface area contributed by atoms with E-state index in [2.05, 4.69) is 16.3 Å². The summed E-state index contributed by atoms with van der Waals surface area (Å²) in [6.07, 6.45) is 6.39. The smallest absolute Gasteiger partial charge is 0.243 e. The Balaban J connectivity index is 1.38. The number of carbonyl (C=O) groups is 2. The highest BCUT2D eigenvalue weighted by atomic mass is 32.2. The van der Waals surface area contributed by atoms with E-state index in [-0.39, 0.29) is 36.1 Å².